The topological polar surface area (TPSA) is 75.6 Å². The fourth-order valence-electron chi connectivity index (χ4n) is 5.16. The number of benzene rings is 1. The van der Waals surface area contributed by atoms with Crippen molar-refractivity contribution in [2.45, 2.75) is 70.8 Å². The summed E-state index contributed by atoms with van der Waals surface area (Å²) >= 11 is 0. The summed E-state index contributed by atoms with van der Waals surface area (Å²) in [6, 6.07) is 8.45. The van der Waals surface area contributed by atoms with Crippen molar-refractivity contribution < 1.29 is 18.7 Å². The molecule has 4 rings (SSSR count). The van der Waals surface area contributed by atoms with Crippen molar-refractivity contribution in [3.8, 4) is 0 Å². The van der Waals surface area contributed by atoms with E-state index in [0.29, 0.717) is 32.2 Å². The second kappa shape index (κ2) is 11.7. The number of alkyl halides is 1. The monoisotopic (exact) mass is 500 g/mol. The predicted octanol–water partition coefficient (Wildman–Crippen LogP) is 3.65. The van der Waals surface area contributed by atoms with Gasteiger partial charge in [-0.2, -0.15) is 0 Å². The van der Waals surface area contributed by atoms with Gasteiger partial charge in [-0.1, -0.05) is 32.0 Å². The molecule has 198 valence electrons. The Labute approximate surface area is 213 Å². The first-order chi connectivity index (χ1) is 17.3. The van der Waals surface area contributed by atoms with E-state index in [9.17, 15) is 9.59 Å². The van der Waals surface area contributed by atoms with E-state index in [1.807, 2.05) is 17.0 Å². The van der Waals surface area contributed by atoms with Gasteiger partial charge in [0.25, 0.3) is 5.91 Å². The number of piperidine rings is 1. The van der Waals surface area contributed by atoms with E-state index in [-0.39, 0.29) is 24.9 Å². The quantitative estimate of drug-likeness (QED) is 0.436. The van der Waals surface area contributed by atoms with Gasteiger partial charge in [0.05, 0.1) is 5.92 Å². The van der Waals surface area contributed by atoms with E-state index < -0.39 is 17.5 Å². The number of ether oxygens (including phenoxy) is 1. The lowest BCUT2D eigenvalue weighted by molar-refractivity contribution is -0.143. The van der Waals surface area contributed by atoms with Gasteiger partial charge in [-0.05, 0) is 43.2 Å². The van der Waals surface area contributed by atoms with Crippen molar-refractivity contribution in [1.82, 2.24) is 20.1 Å². The Kier molecular flexibility index (Phi) is 8.67. The molecule has 1 unspecified atom stereocenters. The maximum absolute atomic E-state index is 15.7. The summed E-state index contributed by atoms with van der Waals surface area (Å²) in [5.74, 6) is -0.795. The zero-order valence-electron chi connectivity index (χ0n) is 21.9. The lowest BCUT2D eigenvalue weighted by Crippen LogP contribution is -2.58. The number of halogens is 1. The minimum atomic E-state index is -2.07. The van der Waals surface area contributed by atoms with Gasteiger partial charge in [0.15, 0.2) is 0 Å². The second-order valence-electron chi connectivity index (χ2n) is 10.8. The molecule has 2 aliphatic rings. The zero-order valence-corrected chi connectivity index (χ0v) is 21.9. The van der Waals surface area contributed by atoms with Crippen LogP contribution < -0.4 is 10.6 Å². The van der Waals surface area contributed by atoms with E-state index in [1.54, 1.807) is 7.11 Å². The molecule has 0 bridgehead atoms. The summed E-state index contributed by atoms with van der Waals surface area (Å²) in [4.78, 5) is 28.3. The Bertz CT molecular complexity index is 1050. The molecule has 1 aromatic heterocycles. The fourth-order valence-corrected chi connectivity index (χ4v) is 5.16. The molecule has 1 saturated heterocycles. The predicted molar refractivity (Wildman–Crippen MR) is 139 cm³/mol. The molecule has 2 atom stereocenters. The molecule has 2 amide bonds. The van der Waals surface area contributed by atoms with Gasteiger partial charge in [0, 0.05) is 76.0 Å². The van der Waals surface area contributed by atoms with Crippen LogP contribution >= 0.6 is 0 Å². The number of nitrogens with one attached hydrogen (secondary N) is 2. The van der Waals surface area contributed by atoms with Crippen LogP contribution in [-0.2, 0) is 27.4 Å². The molecule has 2 aromatic rings. The molecule has 1 saturated carbocycles. The van der Waals surface area contributed by atoms with Crippen molar-refractivity contribution in [2.24, 2.45) is 11.8 Å². The van der Waals surface area contributed by atoms with Crippen LogP contribution in [0.15, 0.2) is 30.5 Å². The smallest absolute Gasteiger partial charge is 0.259 e. The number of fused-ring (bicyclic) bond motifs is 1. The van der Waals surface area contributed by atoms with Gasteiger partial charge >= 0.3 is 0 Å². The largest absolute Gasteiger partial charge is 0.385 e. The number of nitrogens with zero attached hydrogens (tertiary/aromatic N) is 2. The number of amides is 2. The highest BCUT2D eigenvalue weighted by Crippen LogP contribution is 2.34. The normalized spacial score (nSPS) is 22.2. The molecule has 36 heavy (non-hydrogen) atoms. The van der Waals surface area contributed by atoms with Crippen molar-refractivity contribution >= 4 is 22.7 Å². The number of hydrogen-bond acceptors (Lipinski definition) is 4. The van der Waals surface area contributed by atoms with Crippen molar-refractivity contribution in [3.63, 3.8) is 0 Å². The number of methoxy groups -OCH3 is 1. The van der Waals surface area contributed by atoms with Crippen molar-refractivity contribution in [1.29, 1.82) is 0 Å². The van der Waals surface area contributed by atoms with Crippen molar-refractivity contribution in [2.75, 3.05) is 33.4 Å². The highest BCUT2D eigenvalue weighted by molar-refractivity contribution is 5.88. The molecule has 1 aromatic carbocycles. The highest BCUT2D eigenvalue weighted by Gasteiger charge is 2.47. The maximum atomic E-state index is 15.7. The molecule has 7 nitrogen and oxygen atoms in total. The minimum absolute atomic E-state index is 0.0529. The average molecular weight is 501 g/mol. The minimum Gasteiger partial charge on any atom is -0.385 e. The number of aryl methyl sites for hydroxylation is 1. The molecule has 2 N–H and O–H groups in total. The molecular weight excluding hydrogens is 459 g/mol. The zero-order chi connectivity index (χ0) is 25.7. The third-order valence-corrected chi connectivity index (χ3v) is 7.36. The summed E-state index contributed by atoms with van der Waals surface area (Å²) < 4.78 is 23.2. The van der Waals surface area contributed by atoms with Gasteiger partial charge in [0.1, 0.15) is 0 Å². The Morgan fingerprint density at radius 2 is 2.08 bits per heavy atom. The van der Waals surface area contributed by atoms with E-state index in [1.165, 1.54) is 0 Å². The number of para-hydroxylation sites is 1. The molecule has 1 aliphatic carbocycles. The summed E-state index contributed by atoms with van der Waals surface area (Å²) in [5.41, 5.74) is 0.180. The van der Waals surface area contributed by atoms with Crippen LogP contribution in [0.25, 0.3) is 10.9 Å². The highest BCUT2D eigenvalue weighted by atomic mass is 19.1. The third-order valence-electron chi connectivity index (χ3n) is 7.36. The standard InChI is InChI=1S/C28H41FN4O3/c1-20(2)11-12-31-27(35)28(29)15-21(16-30-19-28)26(34)33(23-9-10-23)18-22-17-32(13-6-14-36-3)25-8-5-4-7-24(22)25/h4-5,7-8,17,20-21,23,30H,6,9-16,18-19H2,1-3H3,(H,31,35)/t21?,28-/m0/s1. The van der Waals surface area contributed by atoms with E-state index in [2.05, 4.69) is 47.4 Å². The first-order valence-electron chi connectivity index (χ1n) is 13.4. The Morgan fingerprint density at radius 1 is 1.31 bits per heavy atom. The van der Waals surface area contributed by atoms with Crippen LogP contribution in [-0.4, -0.2) is 66.3 Å². The van der Waals surface area contributed by atoms with E-state index in [4.69, 9.17) is 4.74 Å². The maximum Gasteiger partial charge on any atom is 0.259 e. The van der Waals surface area contributed by atoms with Crippen LogP contribution in [0.4, 0.5) is 4.39 Å². The lowest BCUT2D eigenvalue weighted by atomic mass is 9.86. The van der Waals surface area contributed by atoms with Crippen LogP contribution in [0.2, 0.25) is 0 Å². The lowest BCUT2D eigenvalue weighted by Gasteiger charge is -2.36. The van der Waals surface area contributed by atoms with Crippen LogP contribution in [0.1, 0.15) is 51.5 Å². The Balaban J connectivity index is 1.47. The number of carbonyl (C=O) groups is 2. The van der Waals surface area contributed by atoms with Crippen LogP contribution in [0.5, 0.6) is 0 Å². The van der Waals surface area contributed by atoms with Crippen LogP contribution in [0.3, 0.4) is 0 Å². The first-order valence-corrected chi connectivity index (χ1v) is 13.4. The summed E-state index contributed by atoms with van der Waals surface area (Å²) in [6.45, 7) is 6.96. The number of rotatable bonds is 12. The summed E-state index contributed by atoms with van der Waals surface area (Å²) in [7, 11) is 1.71. The van der Waals surface area contributed by atoms with Gasteiger partial charge in [-0.15, -0.1) is 0 Å². The van der Waals surface area contributed by atoms with E-state index >= 15 is 4.39 Å². The first kappa shape index (κ1) is 26.6. The van der Waals surface area contributed by atoms with Crippen molar-refractivity contribution in [3.05, 3.63) is 36.0 Å². The number of hydrogen-bond donors (Lipinski definition) is 2. The average Bonchev–Trinajstić information content (AvgIpc) is 3.65. The third kappa shape index (κ3) is 6.27. The molecule has 2 fully saturated rings. The SMILES string of the molecule is COCCCn1cc(CN(C(=O)C2CNC[C@](F)(C(=O)NCCC(C)C)C2)C2CC2)c2ccccc21. The van der Waals surface area contributed by atoms with Crippen LogP contribution in [0, 0.1) is 11.8 Å². The molecule has 1 aliphatic heterocycles. The Hall–Kier alpha value is -2.45. The Morgan fingerprint density at radius 3 is 2.81 bits per heavy atom. The van der Waals surface area contributed by atoms with Gasteiger partial charge < -0.3 is 24.8 Å². The number of aromatic nitrogens is 1. The molecule has 0 radical (unpaired) electrons. The summed E-state index contributed by atoms with van der Waals surface area (Å²) in [6.07, 6.45) is 5.71. The van der Waals surface area contributed by atoms with Gasteiger partial charge in [-0.3, -0.25) is 9.59 Å². The molecular formula is C28H41FN4O3. The van der Waals surface area contributed by atoms with Gasteiger partial charge in [0.2, 0.25) is 11.6 Å². The number of carbonyl (C=O) groups excluding carboxylic acids is 2. The summed E-state index contributed by atoms with van der Waals surface area (Å²) in [5, 5.41) is 6.91. The van der Waals surface area contributed by atoms with Gasteiger partial charge in [-0.25, -0.2) is 4.39 Å². The molecule has 8 heteroatoms. The molecule has 2 heterocycles. The fraction of sp³-hybridized carbons (Fsp3) is 0.643. The second-order valence-corrected chi connectivity index (χ2v) is 10.8. The molecule has 0 spiro atoms. The van der Waals surface area contributed by atoms with E-state index in [0.717, 1.165) is 48.7 Å².